The van der Waals surface area contributed by atoms with E-state index < -0.39 is 24.2 Å². The topological polar surface area (TPSA) is 84.5 Å². The standard InChI is InChI=1S/C18H23FN2O4/c1-12-6-8-13(9-7-12)21-16(22)11-25-17(23)10-20-18(24)14-4-2-3-5-15(14)19/h2-5,12-13H,6-11H2,1H3,(H,20,24)(H,21,22). The summed E-state index contributed by atoms with van der Waals surface area (Å²) in [5.74, 6) is -1.81. The van der Waals surface area contributed by atoms with Crippen molar-refractivity contribution in [2.75, 3.05) is 13.2 Å². The number of carbonyl (C=O) groups is 3. The van der Waals surface area contributed by atoms with Gasteiger partial charge in [0.15, 0.2) is 6.61 Å². The van der Waals surface area contributed by atoms with Gasteiger partial charge in [-0.1, -0.05) is 19.1 Å². The Balaban J connectivity index is 1.66. The highest BCUT2D eigenvalue weighted by atomic mass is 19.1. The first kappa shape index (κ1) is 18.9. The van der Waals surface area contributed by atoms with Crippen molar-refractivity contribution in [2.45, 2.75) is 38.6 Å². The van der Waals surface area contributed by atoms with Crippen LogP contribution in [0.5, 0.6) is 0 Å². The predicted molar refractivity (Wildman–Crippen MR) is 89.3 cm³/mol. The maximum atomic E-state index is 13.4. The van der Waals surface area contributed by atoms with Gasteiger partial charge < -0.3 is 15.4 Å². The fourth-order valence-corrected chi connectivity index (χ4v) is 2.76. The molecule has 7 heteroatoms. The zero-order chi connectivity index (χ0) is 18.2. The van der Waals surface area contributed by atoms with Crippen LogP contribution in [0, 0.1) is 11.7 Å². The van der Waals surface area contributed by atoms with Gasteiger partial charge in [-0.3, -0.25) is 14.4 Å². The minimum absolute atomic E-state index is 0.128. The van der Waals surface area contributed by atoms with Crippen LogP contribution in [-0.4, -0.2) is 37.0 Å². The summed E-state index contributed by atoms with van der Waals surface area (Å²) in [4.78, 5) is 35.1. The summed E-state index contributed by atoms with van der Waals surface area (Å²) >= 11 is 0. The summed E-state index contributed by atoms with van der Waals surface area (Å²) in [5, 5.41) is 5.10. The van der Waals surface area contributed by atoms with Crippen molar-refractivity contribution < 1.29 is 23.5 Å². The third-order valence-electron chi connectivity index (χ3n) is 4.26. The molecular weight excluding hydrogens is 327 g/mol. The fourth-order valence-electron chi connectivity index (χ4n) is 2.76. The molecule has 1 aromatic carbocycles. The Bertz CT molecular complexity index is 627. The zero-order valence-electron chi connectivity index (χ0n) is 14.2. The van der Waals surface area contributed by atoms with E-state index >= 15 is 0 Å². The lowest BCUT2D eigenvalue weighted by Gasteiger charge is -2.26. The van der Waals surface area contributed by atoms with E-state index in [-0.39, 0.29) is 24.1 Å². The lowest BCUT2D eigenvalue weighted by Crippen LogP contribution is -2.40. The number of carbonyl (C=O) groups excluding carboxylic acids is 3. The van der Waals surface area contributed by atoms with E-state index in [0.717, 1.165) is 31.7 Å². The summed E-state index contributed by atoms with van der Waals surface area (Å²) in [6, 6.07) is 5.58. The molecule has 0 spiro atoms. The van der Waals surface area contributed by atoms with Gasteiger partial charge in [-0.05, 0) is 43.7 Å². The first-order valence-electron chi connectivity index (χ1n) is 8.43. The van der Waals surface area contributed by atoms with Crippen molar-refractivity contribution in [3.05, 3.63) is 35.6 Å². The Labute approximate surface area is 146 Å². The molecule has 0 atom stereocenters. The maximum absolute atomic E-state index is 13.4. The quantitative estimate of drug-likeness (QED) is 0.766. The molecule has 1 aromatic rings. The third-order valence-corrected chi connectivity index (χ3v) is 4.26. The first-order chi connectivity index (χ1) is 12.0. The molecule has 0 saturated heterocycles. The molecule has 2 amide bonds. The molecule has 0 unspecified atom stereocenters. The number of hydrogen-bond donors (Lipinski definition) is 2. The van der Waals surface area contributed by atoms with Crippen LogP contribution < -0.4 is 10.6 Å². The van der Waals surface area contributed by atoms with Crippen molar-refractivity contribution in [3.63, 3.8) is 0 Å². The molecule has 2 rings (SSSR count). The Morgan fingerprint density at radius 3 is 2.52 bits per heavy atom. The first-order valence-corrected chi connectivity index (χ1v) is 8.43. The van der Waals surface area contributed by atoms with Gasteiger partial charge in [0.05, 0.1) is 5.56 Å². The van der Waals surface area contributed by atoms with E-state index in [2.05, 4.69) is 17.6 Å². The molecule has 1 aliphatic rings. The lowest BCUT2D eigenvalue weighted by atomic mass is 9.87. The van der Waals surface area contributed by atoms with E-state index in [1.54, 1.807) is 0 Å². The molecular formula is C18H23FN2O4. The molecule has 0 aliphatic heterocycles. The molecule has 0 heterocycles. The maximum Gasteiger partial charge on any atom is 0.325 e. The monoisotopic (exact) mass is 350 g/mol. The van der Waals surface area contributed by atoms with Crippen LogP contribution in [-0.2, 0) is 14.3 Å². The van der Waals surface area contributed by atoms with Crippen LogP contribution in [0.4, 0.5) is 4.39 Å². The average Bonchev–Trinajstić information content (AvgIpc) is 2.60. The summed E-state index contributed by atoms with van der Waals surface area (Å²) in [7, 11) is 0. The van der Waals surface area contributed by atoms with Crippen LogP contribution in [0.2, 0.25) is 0 Å². The second-order valence-corrected chi connectivity index (χ2v) is 6.35. The van der Waals surface area contributed by atoms with Gasteiger partial charge in [0.1, 0.15) is 12.4 Å². The van der Waals surface area contributed by atoms with E-state index in [9.17, 15) is 18.8 Å². The highest BCUT2D eigenvalue weighted by Crippen LogP contribution is 2.23. The zero-order valence-corrected chi connectivity index (χ0v) is 14.2. The summed E-state index contributed by atoms with van der Waals surface area (Å²) < 4.78 is 18.3. The highest BCUT2D eigenvalue weighted by molar-refractivity contribution is 5.96. The normalized spacial score (nSPS) is 19.8. The number of hydrogen-bond acceptors (Lipinski definition) is 4. The van der Waals surface area contributed by atoms with Crippen LogP contribution in [0.25, 0.3) is 0 Å². The van der Waals surface area contributed by atoms with Crippen molar-refractivity contribution in [3.8, 4) is 0 Å². The average molecular weight is 350 g/mol. The summed E-state index contributed by atoms with van der Waals surface area (Å²) in [6.07, 6.45) is 4.01. The number of benzene rings is 1. The Hall–Kier alpha value is -2.44. The number of ether oxygens (including phenoxy) is 1. The van der Waals surface area contributed by atoms with E-state index in [4.69, 9.17) is 4.74 Å². The highest BCUT2D eigenvalue weighted by Gasteiger charge is 2.20. The number of amides is 2. The smallest absolute Gasteiger partial charge is 0.325 e. The van der Waals surface area contributed by atoms with Crippen molar-refractivity contribution >= 4 is 17.8 Å². The lowest BCUT2D eigenvalue weighted by molar-refractivity contribution is -0.147. The van der Waals surface area contributed by atoms with E-state index in [0.29, 0.717) is 5.92 Å². The van der Waals surface area contributed by atoms with Crippen molar-refractivity contribution in [2.24, 2.45) is 5.92 Å². The van der Waals surface area contributed by atoms with Gasteiger partial charge in [0, 0.05) is 6.04 Å². The summed E-state index contributed by atoms with van der Waals surface area (Å²) in [5.41, 5.74) is -0.153. The number of nitrogens with one attached hydrogen (secondary N) is 2. The van der Waals surface area contributed by atoms with Crippen molar-refractivity contribution in [1.82, 2.24) is 10.6 Å². The van der Waals surface area contributed by atoms with Crippen LogP contribution in [0.15, 0.2) is 24.3 Å². The van der Waals surface area contributed by atoms with Crippen LogP contribution in [0.1, 0.15) is 43.0 Å². The third kappa shape index (κ3) is 6.17. The molecule has 0 bridgehead atoms. The molecule has 1 fully saturated rings. The Morgan fingerprint density at radius 1 is 1.16 bits per heavy atom. The van der Waals surface area contributed by atoms with Crippen LogP contribution >= 0.6 is 0 Å². The molecule has 0 radical (unpaired) electrons. The SMILES string of the molecule is CC1CCC(NC(=O)COC(=O)CNC(=O)c2ccccc2F)CC1. The van der Waals surface area contributed by atoms with Crippen molar-refractivity contribution in [1.29, 1.82) is 0 Å². The van der Waals surface area contributed by atoms with Gasteiger partial charge in [0.25, 0.3) is 11.8 Å². The summed E-state index contributed by atoms with van der Waals surface area (Å²) in [6.45, 7) is 1.37. The van der Waals surface area contributed by atoms with Crippen LogP contribution in [0.3, 0.4) is 0 Å². The molecule has 1 aliphatic carbocycles. The molecule has 2 N–H and O–H groups in total. The minimum Gasteiger partial charge on any atom is -0.454 e. The largest absolute Gasteiger partial charge is 0.454 e. The number of rotatable bonds is 6. The number of esters is 1. The van der Waals surface area contributed by atoms with E-state index in [1.807, 2.05) is 0 Å². The molecule has 0 aromatic heterocycles. The predicted octanol–water partition coefficient (Wildman–Crippen LogP) is 1.79. The van der Waals surface area contributed by atoms with Gasteiger partial charge in [0.2, 0.25) is 0 Å². The Kier molecular flexibility index (Phi) is 6.91. The second kappa shape index (κ2) is 9.15. The van der Waals surface area contributed by atoms with Gasteiger partial charge in [-0.25, -0.2) is 4.39 Å². The van der Waals surface area contributed by atoms with E-state index in [1.165, 1.54) is 18.2 Å². The minimum atomic E-state index is -0.753. The molecule has 6 nitrogen and oxygen atoms in total. The van der Waals surface area contributed by atoms with Gasteiger partial charge in [-0.15, -0.1) is 0 Å². The van der Waals surface area contributed by atoms with Gasteiger partial charge in [-0.2, -0.15) is 0 Å². The second-order valence-electron chi connectivity index (χ2n) is 6.35. The van der Waals surface area contributed by atoms with Gasteiger partial charge >= 0.3 is 5.97 Å². The molecule has 136 valence electrons. The fraction of sp³-hybridized carbons (Fsp3) is 0.500. The molecule has 1 saturated carbocycles. The molecule has 25 heavy (non-hydrogen) atoms. The number of halogens is 1. The Morgan fingerprint density at radius 2 is 1.84 bits per heavy atom.